The molecule has 1 atom stereocenters. The number of halogens is 1. The number of aromatic nitrogens is 1. The van der Waals surface area contributed by atoms with Crippen LogP contribution in [0.3, 0.4) is 0 Å². The lowest BCUT2D eigenvalue weighted by molar-refractivity contribution is -0.129. The summed E-state index contributed by atoms with van der Waals surface area (Å²) >= 11 is 0. The summed E-state index contributed by atoms with van der Waals surface area (Å²) in [5.41, 5.74) is 1.16. The highest BCUT2D eigenvalue weighted by atomic mass is 32.2. The van der Waals surface area contributed by atoms with Gasteiger partial charge in [-0.05, 0) is 67.3 Å². The Morgan fingerprint density at radius 2 is 1.74 bits per heavy atom. The third-order valence-electron chi connectivity index (χ3n) is 8.25. The highest BCUT2D eigenvalue weighted by Gasteiger charge is 2.26. The van der Waals surface area contributed by atoms with Crippen molar-refractivity contribution in [3.8, 4) is 17.2 Å². The van der Waals surface area contributed by atoms with E-state index in [1.165, 1.54) is 71.6 Å². The molecule has 6 rings (SSSR count). The maximum atomic E-state index is 15.1. The molecule has 2 aliphatic rings. The smallest absolute Gasteiger partial charge is 0.419 e. The van der Waals surface area contributed by atoms with Gasteiger partial charge >= 0.3 is 5.76 Å². The zero-order chi connectivity index (χ0) is 36.0. The van der Waals surface area contributed by atoms with Crippen LogP contribution in [-0.4, -0.2) is 67.8 Å². The van der Waals surface area contributed by atoms with Crippen LogP contribution in [0.5, 0.6) is 17.2 Å². The highest BCUT2D eigenvalue weighted by molar-refractivity contribution is 7.89. The van der Waals surface area contributed by atoms with E-state index in [1.54, 1.807) is 13.0 Å². The molecule has 4 bridgehead atoms. The fourth-order valence-electron chi connectivity index (χ4n) is 5.44. The van der Waals surface area contributed by atoms with Crippen LogP contribution in [0.15, 0.2) is 68.7 Å². The summed E-state index contributed by atoms with van der Waals surface area (Å²) in [6.45, 7) is 1.72. The van der Waals surface area contributed by atoms with E-state index in [4.69, 9.17) is 13.9 Å². The van der Waals surface area contributed by atoms with Crippen molar-refractivity contribution in [2.24, 2.45) is 7.05 Å². The number of benzene rings is 3. The Bertz CT molecular complexity index is 2080. The van der Waals surface area contributed by atoms with Gasteiger partial charge in [-0.1, -0.05) is 13.0 Å². The Morgan fingerprint density at radius 1 is 0.960 bits per heavy atom. The number of carbonyl (C=O) groups excluding carboxylic acids is 3. The van der Waals surface area contributed by atoms with Gasteiger partial charge < -0.3 is 29.8 Å². The van der Waals surface area contributed by atoms with Crippen molar-refractivity contribution in [2.75, 3.05) is 26.7 Å². The minimum Gasteiger partial charge on any atom is -0.493 e. The molecule has 0 fully saturated rings. The van der Waals surface area contributed by atoms with Crippen molar-refractivity contribution < 1.29 is 41.1 Å². The number of aryl methyl sites for hydroxylation is 1. The minimum atomic E-state index is -4.14. The number of hydrogen-bond donors (Lipinski definition) is 3. The second-order valence-corrected chi connectivity index (χ2v) is 13.6. The summed E-state index contributed by atoms with van der Waals surface area (Å²) in [6.07, 6.45) is 0.531. The molecule has 14 nitrogen and oxygen atoms in total. The average molecular weight is 712 g/mol. The summed E-state index contributed by atoms with van der Waals surface area (Å²) in [5, 5.41) is 8.14. The van der Waals surface area contributed by atoms with Crippen LogP contribution in [0.25, 0.3) is 11.1 Å². The van der Waals surface area contributed by atoms with Gasteiger partial charge in [-0.15, -0.1) is 0 Å². The first kappa shape index (κ1) is 36.1. The third-order valence-corrected chi connectivity index (χ3v) is 10.1. The van der Waals surface area contributed by atoms with Gasteiger partial charge in [0.05, 0.1) is 17.5 Å². The Kier molecular flexibility index (Phi) is 11.2. The number of rotatable bonds is 4. The fourth-order valence-corrected chi connectivity index (χ4v) is 6.97. The number of nitrogens with one attached hydrogen (secondary N) is 3. The molecular weight excluding hydrogens is 673 g/mol. The molecule has 16 heteroatoms. The molecule has 0 aliphatic carbocycles. The molecule has 3 heterocycles. The summed E-state index contributed by atoms with van der Waals surface area (Å²) in [7, 11) is -1.23. The zero-order valence-electron chi connectivity index (χ0n) is 27.8. The fraction of sp³-hybridized carbons (Fsp3) is 0.353. The van der Waals surface area contributed by atoms with E-state index in [9.17, 15) is 27.6 Å². The molecule has 3 aromatic carbocycles. The minimum absolute atomic E-state index is 0.0208. The van der Waals surface area contributed by atoms with Crippen molar-refractivity contribution in [2.45, 2.75) is 50.1 Å². The van der Waals surface area contributed by atoms with Gasteiger partial charge in [-0.25, -0.2) is 17.6 Å². The third kappa shape index (κ3) is 8.14. The molecule has 0 spiro atoms. The molecule has 0 unspecified atom stereocenters. The number of sulfonamides is 1. The Morgan fingerprint density at radius 3 is 2.48 bits per heavy atom. The molecule has 4 aromatic rings. The van der Waals surface area contributed by atoms with E-state index in [2.05, 4.69) is 16.0 Å². The molecule has 50 heavy (non-hydrogen) atoms. The molecule has 3 amide bonds. The van der Waals surface area contributed by atoms with E-state index in [0.717, 1.165) is 0 Å². The lowest BCUT2D eigenvalue weighted by Gasteiger charge is -2.23. The number of ether oxygens (including phenoxy) is 2. The van der Waals surface area contributed by atoms with Crippen LogP contribution in [0.2, 0.25) is 0 Å². The van der Waals surface area contributed by atoms with Crippen molar-refractivity contribution >= 4 is 38.8 Å². The van der Waals surface area contributed by atoms with Crippen LogP contribution in [-0.2, 0) is 33.2 Å². The first-order valence-electron chi connectivity index (χ1n) is 16.0. The van der Waals surface area contributed by atoms with Crippen molar-refractivity contribution in [1.82, 2.24) is 24.8 Å². The molecular formula is C34H38FN5O9S. The summed E-state index contributed by atoms with van der Waals surface area (Å²) < 4.78 is 61.5. The molecule has 2 aliphatic heterocycles. The zero-order valence-corrected chi connectivity index (χ0v) is 28.6. The quantitative estimate of drug-likeness (QED) is 0.287. The van der Waals surface area contributed by atoms with E-state index in [0.29, 0.717) is 11.1 Å². The van der Waals surface area contributed by atoms with Crippen LogP contribution in [0, 0.1) is 5.82 Å². The molecule has 0 saturated carbocycles. The van der Waals surface area contributed by atoms with E-state index in [-0.39, 0.29) is 85.2 Å². The Hall–Kier alpha value is -5.22. The highest BCUT2D eigenvalue weighted by Crippen LogP contribution is 2.34. The van der Waals surface area contributed by atoms with E-state index in [1.807, 2.05) is 0 Å². The Labute approximate surface area is 287 Å². The average Bonchev–Trinajstić information content (AvgIpc) is 3.39. The van der Waals surface area contributed by atoms with Gasteiger partial charge in [0.15, 0.2) is 28.6 Å². The monoisotopic (exact) mass is 711 g/mol. The number of carbonyl (C=O) groups is 3. The second kappa shape index (κ2) is 15.6. The van der Waals surface area contributed by atoms with Crippen LogP contribution >= 0.6 is 0 Å². The summed E-state index contributed by atoms with van der Waals surface area (Å²) in [5.74, 6) is -2.54. The molecule has 0 radical (unpaired) electrons. The van der Waals surface area contributed by atoms with Gasteiger partial charge in [0.25, 0.3) is 5.91 Å². The van der Waals surface area contributed by atoms with Crippen LogP contribution < -0.4 is 31.2 Å². The maximum Gasteiger partial charge on any atom is 0.419 e. The molecule has 3 N–H and O–H groups in total. The normalized spacial score (nSPS) is 17.4. The van der Waals surface area contributed by atoms with E-state index >= 15 is 4.39 Å². The predicted molar refractivity (Wildman–Crippen MR) is 180 cm³/mol. The van der Waals surface area contributed by atoms with Gasteiger partial charge in [0.1, 0.15) is 6.04 Å². The number of nitrogens with zero attached hydrogens (tertiary/aromatic N) is 2. The van der Waals surface area contributed by atoms with Gasteiger partial charge in [-0.2, -0.15) is 4.31 Å². The van der Waals surface area contributed by atoms with Crippen molar-refractivity contribution in [3.63, 3.8) is 0 Å². The van der Waals surface area contributed by atoms with Gasteiger partial charge in [-0.3, -0.25) is 19.0 Å². The number of hydrogen-bond acceptors (Lipinski definition) is 9. The van der Waals surface area contributed by atoms with E-state index < -0.39 is 45.4 Å². The van der Waals surface area contributed by atoms with Gasteiger partial charge in [0, 0.05) is 51.3 Å². The standard InChI is InChI=1S/C34H38FN5O9S/c1-4-25-33(43)37-20-21-8-12-27(24(35)17-21)48-30-18-22(9-13-28(30)47-3)32(42)36-14-6-16-40(15-5-7-31(41)38-25)50(45,46)23-10-11-26-29(19-23)49-34(44)39(26)2/h8-13,17-19,25H,4-7,14-16,20H2,1-3H3,(H,36,42)(H,37,43)(H,38,41)/t25-/m0/s1. The predicted octanol–water partition coefficient (Wildman–Crippen LogP) is 3.19. The number of oxazole rings is 1. The molecule has 1 aromatic heterocycles. The van der Waals surface area contributed by atoms with Gasteiger partial charge in [0.2, 0.25) is 21.8 Å². The first-order chi connectivity index (χ1) is 23.9. The van der Waals surface area contributed by atoms with Crippen LogP contribution in [0.1, 0.15) is 48.5 Å². The lowest BCUT2D eigenvalue weighted by Crippen LogP contribution is -2.46. The number of fused-ring (bicyclic) bond motifs is 17. The lowest BCUT2D eigenvalue weighted by atomic mass is 10.1. The number of methoxy groups -OCH3 is 1. The van der Waals surface area contributed by atoms with Crippen LogP contribution in [0.4, 0.5) is 4.39 Å². The van der Waals surface area contributed by atoms with Crippen molar-refractivity contribution in [1.29, 1.82) is 0 Å². The maximum absolute atomic E-state index is 15.1. The SMILES string of the molecule is CC[C@@H]1NC(=O)CCCN(S(=O)(=O)c2ccc3c(c2)oc(=O)n3C)CCCNC(=O)c2ccc(OC)c(c2)Oc2ccc(cc2F)CNC1=O. The second-order valence-electron chi connectivity index (χ2n) is 11.7. The first-order valence-corrected chi connectivity index (χ1v) is 17.4. The topological polar surface area (TPSA) is 178 Å². The van der Waals surface area contributed by atoms with Crippen molar-refractivity contribution in [3.05, 3.63) is 82.1 Å². The Balaban J connectivity index is 1.41. The summed E-state index contributed by atoms with van der Waals surface area (Å²) in [4.78, 5) is 50.7. The number of amides is 3. The molecule has 0 saturated heterocycles. The largest absolute Gasteiger partial charge is 0.493 e. The summed E-state index contributed by atoms with van der Waals surface area (Å²) in [6, 6.07) is 11.9. The molecule has 266 valence electrons.